The number of amides is 1. The largest absolute Gasteiger partial charge is 0.392 e. The molecule has 2 heterocycles. The molecule has 0 saturated carbocycles. The first kappa shape index (κ1) is 25.9. The Morgan fingerprint density at radius 2 is 2.12 bits per heavy atom. The summed E-state index contributed by atoms with van der Waals surface area (Å²) in [6.07, 6.45) is 12.0. The molecule has 2 aromatic rings. The van der Waals surface area contributed by atoms with Crippen molar-refractivity contribution in [3.8, 4) is 0 Å². The first-order chi connectivity index (χ1) is 15.9. The quantitative estimate of drug-likeness (QED) is 0.357. The lowest BCUT2D eigenvalue weighted by atomic mass is 9.96. The predicted molar refractivity (Wildman–Crippen MR) is 134 cm³/mol. The number of aromatic nitrogens is 2. The van der Waals surface area contributed by atoms with E-state index in [4.69, 9.17) is 5.73 Å². The summed E-state index contributed by atoms with van der Waals surface area (Å²) >= 11 is 0. The minimum atomic E-state index is -0.147. The maximum absolute atomic E-state index is 12.8. The number of anilines is 1. The third-order valence-electron chi connectivity index (χ3n) is 5.38. The van der Waals surface area contributed by atoms with Gasteiger partial charge in [-0.1, -0.05) is 31.6 Å². The molecule has 0 fully saturated rings. The molecule has 0 aliphatic rings. The van der Waals surface area contributed by atoms with E-state index in [9.17, 15) is 9.90 Å². The third kappa shape index (κ3) is 8.27. The molecule has 0 aromatic carbocycles. The van der Waals surface area contributed by atoms with Crippen molar-refractivity contribution in [2.45, 2.75) is 46.6 Å². The summed E-state index contributed by atoms with van der Waals surface area (Å²) < 4.78 is 0. The van der Waals surface area contributed by atoms with E-state index in [-0.39, 0.29) is 18.4 Å². The Balaban J connectivity index is 2.08. The van der Waals surface area contributed by atoms with Crippen molar-refractivity contribution < 1.29 is 9.90 Å². The van der Waals surface area contributed by atoms with Crippen LogP contribution >= 0.6 is 0 Å². The standard InChI is InChI=1S/C26H35N5O2/c1-5-7-20(8-6-9-21(17-32)15-28-4)13-23-14-22(10-11-29-23)26(33)30-16-24-18(2)12-25(27)31-19(24)3/h6,8-12,14-15,20,32H,5,7,13,16-17H2,1-4H3,(H2,27,31)(H,30,33)/b8-6+,21-9+,28-15-. The van der Waals surface area contributed by atoms with Crippen molar-refractivity contribution in [3.05, 3.63) is 76.3 Å². The van der Waals surface area contributed by atoms with E-state index in [1.165, 1.54) is 0 Å². The average Bonchev–Trinajstić information content (AvgIpc) is 2.78. The number of nitrogens with two attached hydrogens (primary N) is 1. The molecule has 1 unspecified atom stereocenters. The molecular weight excluding hydrogens is 414 g/mol. The molecule has 33 heavy (non-hydrogen) atoms. The SMILES string of the molecule is CCCC(/C=C/C=C(\C=N/C)CO)Cc1cc(C(=O)NCc2c(C)cc(N)nc2C)ccn1. The molecule has 176 valence electrons. The zero-order valence-corrected chi connectivity index (χ0v) is 20.0. The van der Waals surface area contributed by atoms with E-state index in [1.54, 1.807) is 25.5 Å². The number of aliphatic hydroxyl groups is 1. The molecule has 0 saturated heterocycles. The fraction of sp³-hybridized carbons (Fsp3) is 0.385. The van der Waals surface area contributed by atoms with Crippen LogP contribution in [0, 0.1) is 19.8 Å². The number of carbonyl (C=O) groups is 1. The fourth-order valence-corrected chi connectivity index (χ4v) is 3.70. The van der Waals surface area contributed by atoms with Crippen molar-refractivity contribution >= 4 is 17.9 Å². The number of nitrogens with one attached hydrogen (secondary N) is 1. The van der Waals surface area contributed by atoms with Gasteiger partial charge < -0.3 is 16.2 Å². The van der Waals surface area contributed by atoms with Gasteiger partial charge in [0.15, 0.2) is 0 Å². The van der Waals surface area contributed by atoms with E-state index < -0.39 is 0 Å². The van der Waals surface area contributed by atoms with Gasteiger partial charge >= 0.3 is 0 Å². The first-order valence-electron chi connectivity index (χ1n) is 11.2. The van der Waals surface area contributed by atoms with Crippen LogP contribution in [0.25, 0.3) is 0 Å². The van der Waals surface area contributed by atoms with Crippen LogP contribution in [0.1, 0.15) is 52.6 Å². The molecule has 0 bridgehead atoms. The highest BCUT2D eigenvalue weighted by atomic mass is 16.3. The number of rotatable bonds is 11. The van der Waals surface area contributed by atoms with Gasteiger partial charge in [-0.15, -0.1) is 0 Å². The molecule has 0 aliphatic carbocycles. The number of hydrogen-bond donors (Lipinski definition) is 3. The van der Waals surface area contributed by atoms with Gasteiger partial charge in [0.25, 0.3) is 5.91 Å². The number of pyridine rings is 2. The normalized spacial score (nSPS) is 13.1. The van der Waals surface area contributed by atoms with E-state index in [0.717, 1.165) is 47.4 Å². The minimum Gasteiger partial charge on any atom is -0.392 e. The summed E-state index contributed by atoms with van der Waals surface area (Å²) in [6.45, 7) is 6.34. The Labute approximate surface area is 196 Å². The van der Waals surface area contributed by atoms with Crippen LogP contribution in [0.3, 0.4) is 0 Å². The number of carbonyl (C=O) groups excluding carboxylic acids is 1. The summed E-state index contributed by atoms with van der Waals surface area (Å²) in [5, 5.41) is 12.3. The average molecular weight is 450 g/mol. The summed E-state index contributed by atoms with van der Waals surface area (Å²) in [7, 11) is 1.68. The number of aliphatic hydroxyl groups excluding tert-OH is 1. The van der Waals surface area contributed by atoms with Gasteiger partial charge in [0.1, 0.15) is 5.82 Å². The zero-order valence-electron chi connectivity index (χ0n) is 20.0. The van der Waals surface area contributed by atoms with Crippen molar-refractivity contribution in [1.29, 1.82) is 0 Å². The van der Waals surface area contributed by atoms with Crippen LogP contribution < -0.4 is 11.1 Å². The van der Waals surface area contributed by atoms with E-state index >= 15 is 0 Å². The van der Waals surface area contributed by atoms with Crippen molar-refractivity contribution in [3.63, 3.8) is 0 Å². The molecule has 2 aromatic heterocycles. The molecule has 2 rings (SSSR count). The van der Waals surface area contributed by atoms with Crippen LogP contribution in [0.2, 0.25) is 0 Å². The molecule has 1 atom stereocenters. The maximum atomic E-state index is 12.8. The van der Waals surface area contributed by atoms with Gasteiger partial charge in [0, 0.05) is 43.0 Å². The summed E-state index contributed by atoms with van der Waals surface area (Å²) in [4.78, 5) is 25.5. The van der Waals surface area contributed by atoms with Crippen LogP contribution in [-0.4, -0.2) is 40.9 Å². The molecule has 0 aliphatic heterocycles. The molecule has 4 N–H and O–H groups in total. The van der Waals surface area contributed by atoms with Crippen LogP contribution in [0.4, 0.5) is 5.82 Å². The Morgan fingerprint density at radius 1 is 1.33 bits per heavy atom. The highest BCUT2D eigenvalue weighted by Crippen LogP contribution is 2.17. The van der Waals surface area contributed by atoms with Crippen molar-refractivity contribution in [2.24, 2.45) is 10.9 Å². The van der Waals surface area contributed by atoms with Crippen LogP contribution in [0.5, 0.6) is 0 Å². The van der Waals surface area contributed by atoms with Crippen molar-refractivity contribution in [2.75, 3.05) is 19.4 Å². The smallest absolute Gasteiger partial charge is 0.251 e. The predicted octanol–water partition coefficient (Wildman–Crippen LogP) is 3.74. The van der Waals surface area contributed by atoms with Crippen molar-refractivity contribution in [1.82, 2.24) is 15.3 Å². The van der Waals surface area contributed by atoms with Crippen LogP contribution in [-0.2, 0) is 13.0 Å². The van der Waals surface area contributed by atoms with E-state index in [2.05, 4.69) is 33.3 Å². The maximum Gasteiger partial charge on any atom is 0.251 e. The molecule has 7 nitrogen and oxygen atoms in total. The number of aryl methyl sites for hydroxylation is 2. The molecule has 0 radical (unpaired) electrons. The second kappa shape index (κ2) is 13.3. The fourth-order valence-electron chi connectivity index (χ4n) is 3.70. The molecule has 0 spiro atoms. The van der Waals surface area contributed by atoms with Gasteiger partial charge in [-0.2, -0.15) is 0 Å². The number of allylic oxidation sites excluding steroid dienone is 3. The highest BCUT2D eigenvalue weighted by molar-refractivity contribution is 5.94. The lowest BCUT2D eigenvalue weighted by Crippen LogP contribution is -2.24. The van der Waals surface area contributed by atoms with E-state index in [0.29, 0.717) is 17.9 Å². The zero-order chi connectivity index (χ0) is 24.2. The third-order valence-corrected chi connectivity index (χ3v) is 5.38. The van der Waals surface area contributed by atoms with Gasteiger partial charge in [0.2, 0.25) is 0 Å². The highest BCUT2D eigenvalue weighted by Gasteiger charge is 2.12. The lowest BCUT2D eigenvalue weighted by Gasteiger charge is -2.13. The molecule has 7 heteroatoms. The summed E-state index contributed by atoms with van der Waals surface area (Å²) in [5.74, 6) is 0.615. The molecular formula is C26H35N5O2. The Morgan fingerprint density at radius 3 is 2.79 bits per heavy atom. The lowest BCUT2D eigenvalue weighted by molar-refractivity contribution is 0.0950. The first-order valence-corrected chi connectivity index (χ1v) is 11.2. The summed E-state index contributed by atoms with van der Waals surface area (Å²) in [5.41, 5.74) is 10.8. The van der Waals surface area contributed by atoms with Gasteiger partial charge in [-0.3, -0.25) is 14.8 Å². The number of aliphatic imine (C=N–C) groups is 1. The van der Waals surface area contributed by atoms with Crippen LogP contribution in [0.15, 0.2) is 53.2 Å². The monoisotopic (exact) mass is 449 g/mol. The van der Waals surface area contributed by atoms with Gasteiger partial charge in [-0.05, 0) is 67.5 Å². The topological polar surface area (TPSA) is 113 Å². The van der Waals surface area contributed by atoms with Gasteiger partial charge in [0.05, 0.1) is 6.61 Å². The van der Waals surface area contributed by atoms with E-state index in [1.807, 2.05) is 38.1 Å². The second-order valence-corrected chi connectivity index (χ2v) is 8.07. The summed E-state index contributed by atoms with van der Waals surface area (Å²) in [6, 6.07) is 5.39. The van der Waals surface area contributed by atoms with Gasteiger partial charge in [-0.25, -0.2) is 4.98 Å². The number of hydrogen-bond acceptors (Lipinski definition) is 6. The Kier molecular flexibility index (Phi) is 10.4. The molecule has 1 amide bonds. The second-order valence-electron chi connectivity index (χ2n) is 8.07. The minimum absolute atomic E-state index is 0.0513. The number of nitrogen functional groups attached to an aromatic ring is 1. The Bertz CT molecular complexity index is 1000. The number of nitrogens with zero attached hydrogens (tertiary/aromatic N) is 3. The Hall–Kier alpha value is -3.32.